The van der Waals surface area contributed by atoms with E-state index in [0.717, 1.165) is 18.2 Å². The summed E-state index contributed by atoms with van der Waals surface area (Å²) < 4.78 is 42.3. The number of para-hydroxylation sites is 1. The van der Waals surface area contributed by atoms with Gasteiger partial charge in [0.1, 0.15) is 12.4 Å². The van der Waals surface area contributed by atoms with Gasteiger partial charge in [0.2, 0.25) is 0 Å². The molecule has 92 valence electrons. The number of hydrogen-bond acceptors (Lipinski definition) is 2. The summed E-state index contributed by atoms with van der Waals surface area (Å²) in [5.41, 5.74) is -0.885. The first-order valence-corrected chi connectivity index (χ1v) is 4.60. The average Bonchev–Trinajstić information content (AvgIpc) is 2.23. The van der Waals surface area contributed by atoms with Gasteiger partial charge < -0.3 is 9.84 Å². The number of ether oxygens (including phenoxy) is 1. The van der Waals surface area contributed by atoms with Crippen LogP contribution in [0.5, 0.6) is 5.75 Å². The zero-order valence-electron chi connectivity index (χ0n) is 8.57. The van der Waals surface area contributed by atoms with Gasteiger partial charge in [0.05, 0.1) is 5.56 Å². The van der Waals surface area contributed by atoms with E-state index in [1.807, 2.05) is 0 Å². The molecule has 17 heavy (non-hydrogen) atoms. The van der Waals surface area contributed by atoms with E-state index in [2.05, 4.69) is 0 Å². The standard InChI is InChI=1S/C11H9F3O3/c12-11(13,14)8-4-1-2-5-9(8)17-7-3-6-10(15)16/h1-6H,7H2,(H,15,16). The summed E-state index contributed by atoms with van der Waals surface area (Å²) in [7, 11) is 0. The fourth-order valence-corrected chi connectivity index (χ4v) is 1.11. The highest BCUT2D eigenvalue weighted by atomic mass is 19.4. The van der Waals surface area contributed by atoms with Crippen LogP contribution in [0.3, 0.4) is 0 Å². The Morgan fingerprint density at radius 3 is 2.59 bits per heavy atom. The number of aliphatic carboxylic acids is 1. The number of hydrogen-bond donors (Lipinski definition) is 1. The van der Waals surface area contributed by atoms with Crippen LogP contribution < -0.4 is 4.74 Å². The summed E-state index contributed by atoms with van der Waals surface area (Å²) >= 11 is 0. The first-order valence-electron chi connectivity index (χ1n) is 4.60. The van der Waals surface area contributed by atoms with Crippen molar-refractivity contribution in [3.63, 3.8) is 0 Å². The van der Waals surface area contributed by atoms with Crippen molar-refractivity contribution in [2.24, 2.45) is 0 Å². The van der Waals surface area contributed by atoms with Crippen molar-refractivity contribution in [2.45, 2.75) is 6.18 Å². The van der Waals surface area contributed by atoms with E-state index in [1.54, 1.807) is 0 Å². The molecule has 0 aliphatic carbocycles. The van der Waals surface area contributed by atoms with Gasteiger partial charge in [0.15, 0.2) is 0 Å². The fraction of sp³-hybridized carbons (Fsp3) is 0.182. The molecule has 1 N–H and O–H groups in total. The van der Waals surface area contributed by atoms with Gasteiger partial charge in [-0.1, -0.05) is 12.1 Å². The molecule has 0 aliphatic heterocycles. The molecule has 0 saturated heterocycles. The Bertz CT molecular complexity index is 424. The molecule has 0 amide bonds. The Morgan fingerprint density at radius 2 is 2.00 bits per heavy atom. The van der Waals surface area contributed by atoms with Crippen LogP contribution in [-0.2, 0) is 11.0 Å². The average molecular weight is 246 g/mol. The van der Waals surface area contributed by atoms with Gasteiger partial charge in [0.25, 0.3) is 0 Å². The molecule has 0 saturated carbocycles. The van der Waals surface area contributed by atoms with E-state index in [9.17, 15) is 18.0 Å². The second-order valence-corrected chi connectivity index (χ2v) is 3.05. The lowest BCUT2D eigenvalue weighted by Gasteiger charge is -2.12. The number of rotatable bonds is 4. The van der Waals surface area contributed by atoms with E-state index < -0.39 is 17.7 Å². The van der Waals surface area contributed by atoms with Crippen molar-refractivity contribution in [1.82, 2.24) is 0 Å². The normalized spacial score (nSPS) is 11.7. The van der Waals surface area contributed by atoms with Crippen LogP contribution in [0.15, 0.2) is 36.4 Å². The molecule has 0 aromatic heterocycles. The van der Waals surface area contributed by atoms with Crippen LogP contribution in [0.4, 0.5) is 13.2 Å². The number of halogens is 3. The van der Waals surface area contributed by atoms with Crippen LogP contribution in [0, 0.1) is 0 Å². The van der Waals surface area contributed by atoms with Gasteiger partial charge in [-0.05, 0) is 18.2 Å². The molecule has 0 fully saturated rings. The number of carboxylic acids is 1. The Labute approximate surface area is 95.1 Å². The van der Waals surface area contributed by atoms with Crippen LogP contribution in [-0.4, -0.2) is 17.7 Å². The lowest BCUT2D eigenvalue weighted by Crippen LogP contribution is -2.08. The van der Waals surface area contributed by atoms with Crippen LogP contribution in [0.2, 0.25) is 0 Å². The third-order valence-corrected chi connectivity index (χ3v) is 1.79. The summed E-state index contributed by atoms with van der Waals surface area (Å²) in [6.45, 7) is -0.237. The number of carboxylic acid groups (broad SMARTS) is 1. The fourth-order valence-electron chi connectivity index (χ4n) is 1.11. The molecule has 0 radical (unpaired) electrons. The van der Waals surface area contributed by atoms with Crippen molar-refractivity contribution in [3.05, 3.63) is 42.0 Å². The van der Waals surface area contributed by atoms with Gasteiger partial charge in [-0.3, -0.25) is 0 Å². The molecule has 0 heterocycles. The molecular formula is C11H9F3O3. The minimum atomic E-state index is -4.49. The van der Waals surface area contributed by atoms with Crippen molar-refractivity contribution in [2.75, 3.05) is 6.61 Å². The van der Waals surface area contributed by atoms with Gasteiger partial charge in [-0.2, -0.15) is 13.2 Å². The van der Waals surface area contributed by atoms with E-state index in [-0.39, 0.29) is 12.4 Å². The molecule has 0 atom stereocenters. The summed E-state index contributed by atoms with van der Waals surface area (Å²) in [5.74, 6) is -1.51. The summed E-state index contributed by atoms with van der Waals surface area (Å²) in [4.78, 5) is 10.1. The monoisotopic (exact) mass is 246 g/mol. The topological polar surface area (TPSA) is 46.5 Å². The lowest BCUT2D eigenvalue weighted by molar-refractivity contribution is -0.139. The number of benzene rings is 1. The summed E-state index contributed by atoms with van der Waals surface area (Å²) in [6.07, 6.45) is -2.57. The van der Waals surface area contributed by atoms with Crippen molar-refractivity contribution >= 4 is 5.97 Å². The molecule has 0 unspecified atom stereocenters. The Morgan fingerprint density at radius 1 is 1.35 bits per heavy atom. The van der Waals surface area contributed by atoms with E-state index in [1.165, 1.54) is 18.2 Å². The van der Waals surface area contributed by atoms with Crippen LogP contribution >= 0.6 is 0 Å². The highest BCUT2D eigenvalue weighted by Gasteiger charge is 2.33. The molecule has 3 nitrogen and oxygen atoms in total. The largest absolute Gasteiger partial charge is 0.489 e. The Hall–Kier alpha value is -1.98. The molecule has 0 bridgehead atoms. The van der Waals surface area contributed by atoms with E-state index >= 15 is 0 Å². The third-order valence-electron chi connectivity index (χ3n) is 1.79. The molecule has 0 aliphatic rings. The van der Waals surface area contributed by atoms with E-state index in [0.29, 0.717) is 0 Å². The van der Waals surface area contributed by atoms with Crippen LogP contribution in [0.25, 0.3) is 0 Å². The smallest absolute Gasteiger partial charge is 0.419 e. The van der Waals surface area contributed by atoms with Gasteiger partial charge >= 0.3 is 12.1 Å². The number of carbonyl (C=O) groups is 1. The maximum Gasteiger partial charge on any atom is 0.419 e. The maximum absolute atomic E-state index is 12.5. The molecule has 1 aromatic rings. The van der Waals surface area contributed by atoms with Gasteiger partial charge in [-0.25, -0.2) is 4.79 Å². The molecule has 1 aromatic carbocycles. The van der Waals surface area contributed by atoms with Gasteiger partial charge in [0, 0.05) is 6.08 Å². The van der Waals surface area contributed by atoms with Gasteiger partial charge in [-0.15, -0.1) is 0 Å². The van der Waals surface area contributed by atoms with E-state index in [4.69, 9.17) is 9.84 Å². The highest BCUT2D eigenvalue weighted by molar-refractivity contribution is 5.79. The second-order valence-electron chi connectivity index (χ2n) is 3.05. The Kier molecular flexibility index (Phi) is 4.14. The lowest BCUT2D eigenvalue weighted by atomic mass is 10.2. The molecular weight excluding hydrogens is 237 g/mol. The quantitative estimate of drug-likeness (QED) is 0.831. The third kappa shape index (κ3) is 4.18. The first kappa shape index (κ1) is 13.1. The SMILES string of the molecule is O=C(O)C=CCOc1ccccc1C(F)(F)F. The predicted molar refractivity (Wildman–Crippen MR) is 53.7 cm³/mol. The van der Waals surface area contributed by atoms with Crippen molar-refractivity contribution in [1.29, 1.82) is 0 Å². The van der Waals surface area contributed by atoms with Crippen molar-refractivity contribution in [3.8, 4) is 5.75 Å². The first-order chi connectivity index (χ1) is 7.91. The highest BCUT2D eigenvalue weighted by Crippen LogP contribution is 2.35. The number of alkyl halides is 3. The summed E-state index contributed by atoms with van der Waals surface area (Å²) in [6, 6.07) is 4.74. The predicted octanol–water partition coefficient (Wildman–Crippen LogP) is 2.73. The zero-order valence-corrected chi connectivity index (χ0v) is 8.57. The zero-order chi connectivity index (χ0) is 12.9. The molecule has 6 heteroatoms. The Balaban J connectivity index is 2.75. The molecule has 0 spiro atoms. The van der Waals surface area contributed by atoms with Crippen LogP contribution in [0.1, 0.15) is 5.56 Å². The minimum Gasteiger partial charge on any atom is -0.489 e. The maximum atomic E-state index is 12.5. The molecule has 1 rings (SSSR count). The second kappa shape index (κ2) is 5.38. The minimum absolute atomic E-state index is 0.237. The van der Waals surface area contributed by atoms with Crippen molar-refractivity contribution < 1.29 is 27.8 Å². The summed E-state index contributed by atoms with van der Waals surface area (Å²) in [5, 5.41) is 8.27.